The van der Waals surface area contributed by atoms with Gasteiger partial charge in [-0.3, -0.25) is 4.79 Å². The molecule has 0 unspecified atom stereocenters. The van der Waals surface area contributed by atoms with Crippen LogP contribution in [0.3, 0.4) is 0 Å². The number of anilines is 1. The predicted molar refractivity (Wildman–Crippen MR) is 61.4 cm³/mol. The zero-order valence-electron chi connectivity index (χ0n) is 9.84. The summed E-state index contributed by atoms with van der Waals surface area (Å²) in [5.74, 6) is -0.0972. The number of aromatic nitrogens is 1. The summed E-state index contributed by atoms with van der Waals surface area (Å²) in [5.41, 5.74) is 0.0932. The number of carbonyl (C=O) groups is 1. The van der Waals surface area contributed by atoms with Crippen molar-refractivity contribution in [3.8, 4) is 0 Å². The molecule has 0 aliphatic heterocycles. The van der Waals surface area contributed by atoms with Gasteiger partial charge in [0.1, 0.15) is 11.5 Å². The maximum atomic E-state index is 11.9. The number of alkyl halides is 3. The van der Waals surface area contributed by atoms with Crippen LogP contribution in [0.15, 0.2) is 18.2 Å². The first-order chi connectivity index (χ1) is 8.42. The van der Waals surface area contributed by atoms with Crippen LogP contribution < -0.4 is 10.6 Å². The van der Waals surface area contributed by atoms with E-state index in [0.29, 0.717) is 12.4 Å². The third kappa shape index (κ3) is 5.03. The summed E-state index contributed by atoms with van der Waals surface area (Å²) in [5, 5.41) is 5.09. The molecule has 2 N–H and O–H groups in total. The van der Waals surface area contributed by atoms with Gasteiger partial charge in [0.05, 0.1) is 6.42 Å². The maximum absolute atomic E-state index is 11.9. The van der Waals surface area contributed by atoms with Crippen LogP contribution in [0.1, 0.15) is 23.8 Å². The Morgan fingerprint density at radius 1 is 1.39 bits per heavy atom. The van der Waals surface area contributed by atoms with E-state index in [4.69, 9.17) is 0 Å². The minimum absolute atomic E-state index is 0.0932. The number of nitrogens with one attached hydrogen (secondary N) is 2. The topological polar surface area (TPSA) is 54.0 Å². The molecule has 1 heterocycles. The lowest BCUT2D eigenvalue weighted by Gasteiger charge is -2.08. The van der Waals surface area contributed by atoms with E-state index in [1.165, 1.54) is 6.07 Å². The molecule has 0 aliphatic rings. The molecular formula is C11H14F3N3O. The number of nitrogens with zero attached hydrogens (tertiary/aromatic N) is 1. The second-order valence-corrected chi connectivity index (χ2v) is 3.56. The molecule has 100 valence electrons. The normalized spacial score (nSPS) is 11.1. The van der Waals surface area contributed by atoms with Gasteiger partial charge < -0.3 is 10.6 Å². The summed E-state index contributed by atoms with van der Waals surface area (Å²) in [7, 11) is 0. The van der Waals surface area contributed by atoms with Gasteiger partial charge in [0.25, 0.3) is 5.91 Å². The first kappa shape index (κ1) is 14.3. The average molecular weight is 261 g/mol. The number of carbonyl (C=O) groups excluding carboxylic acids is 1. The first-order valence-electron chi connectivity index (χ1n) is 5.48. The second kappa shape index (κ2) is 6.23. The molecule has 0 saturated carbocycles. The number of hydrogen-bond donors (Lipinski definition) is 2. The lowest BCUT2D eigenvalue weighted by Crippen LogP contribution is -2.28. The smallest absolute Gasteiger partial charge is 0.370 e. The van der Waals surface area contributed by atoms with Crippen molar-refractivity contribution in [1.82, 2.24) is 10.3 Å². The van der Waals surface area contributed by atoms with Crippen molar-refractivity contribution in [3.05, 3.63) is 23.9 Å². The number of hydrogen-bond acceptors (Lipinski definition) is 3. The van der Waals surface area contributed by atoms with E-state index in [9.17, 15) is 18.0 Å². The Balaban J connectivity index is 2.53. The highest BCUT2D eigenvalue weighted by Crippen LogP contribution is 2.18. The van der Waals surface area contributed by atoms with Gasteiger partial charge in [-0.15, -0.1) is 0 Å². The van der Waals surface area contributed by atoms with Crippen LogP contribution in [0.2, 0.25) is 0 Å². The fourth-order valence-electron chi connectivity index (χ4n) is 1.25. The van der Waals surface area contributed by atoms with Crippen molar-refractivity contribution in [3.63, 3.8) is 0 Å². The molecule has 0 aromatic carbocycles. The molecule has 4 nitrogen and oxygen atoms in total. The van der Waals surface area contributed by atoms with Gasteiger partial charge in [-0.05, 0) is 19.1 Å². The van der Waals surface area contributed by atoms with E-state index in [2.05, 4.69) is 15.6 Å². The molecule has 0 aliphatic carbocycles. The zero-order valence-corrected chi connectivity index (χ0v) is 9.84. The molecule has 0 saturated heterocycles. The minimum Gasteiger partial charge on any atom is -0.370 e. The van der Waals surface area contributed by atoms with Crippen LogP contribution in [0.4, 0.5) is 19.0 Å². The monoisotopic (exact) mass is 261 g/mol. The Kier molecular flexibility index (Phi) is 4.94. The summed E-state index contributed by atoms with van der Waals surface area (Å²) >= 11 is 0. The summed E-state index contributed by atoms with van der Waals surface area (Å²) in [6.45, 7) is 2.07. The number of halogens is 3. The minimum atomic E-state index is -4.27. The van der Waals surface area contributed by atoms with E-state index in [1.807, 2.05) is 6.92 Å². The number of rotatable bonds is 5. The highest BCUT2D eigenvalue weighted by molar-refractivity contribution is 5.92. The van der Waals surface area contributed by atoms with E-state index in [1.54, 1.807) is 12.1 Å². The van der Waals surface area contributed by atoms with Gasteiger partial charge in [-0.1, -0.05) is 6.07 Å². The Morgan fingerprint density at radius 3 is 2.72 bits per heavy atom. The van der Waals surface area contributed by atoms with Crippen LogP contribution >= 0.6 is 0 Å². The summed E-state index contributed by atoms with van der Waals surface area (Å²) in [4.78, 5) is 15.5. The fraction of sp³-hybridized carbons (Fsp3) is 0.455. The fourth-order valence-corrected chi connectivity index (χ4v) is 1.25. The average Bonchev–Trinajstić information content (AvgIpc) is 2.28. The lowest BCUT2D eigenvalue weighted by atomic mass is 10.3. The SMILES string of the molecule is CCNc1cccc(C(=O)NCCC(F)(F)F)n1. The molecule has 7 heteroatoms. The molecule has 1 rings (SSSR count). The number of pyridine rings is 1. The quantitative estimate of drug-likeness (QED) is 0.854. The van der Waals surface area contributed by atoms with Gasteiger partial charge >= 0.3 is 6.18 Å². The second-order valence-electron chi connectivity index (χ2n) is 3.56. The third-order valence-electron chi connectivity index (χ3n) is 2.03. The highest BCUT2D eigenvalue weighted by atomic mass is 19.4. The number of amides is 1. The van der Waals surface area contributed by atoms with E-state index < -0.39 is 25.0 Å². The van der Waals surface area contributed by atoms with Crippen LogP contribution in [0, 0.1) is 0 Å². The first-order valence-corrected chi connectivity index (χ1v) is 5.48. The molecule has 18 heavy (non-hydrogen) atoms. The summed E-state index contributed by atoms with van der Waals surface area (Å²) in [6.07, 6.45) is -5.32. The van der Waals surface area contributed by atoms with Crippen molar-refractivity contribution in [2.45, 2.75) is 19.5 Å². The third-order valence-corrected chi connectivity index (χ3v) is 2.03. The summed E-state index contributed by atoms with van der Waals surface area (Å²) in [6, 6.07) is 4.74. The van der Waals surface area contributed by atoms with E-state index in [0.717, 1.165) is 0 Å². The van der Waals surface area contributed by atoms with Gasteiger partial charge in [-0.2, -0.15) is 13.2 Å². The lowest BCUT2D eigenvalue weighted by molar-refractivity contribution is -0.132. The molecular weight excluding hydrogens is 247 g/mol. The van der Waals surface area contributed by atoms with Crippen molar-refractivity contribution in [1.29, 1.82) is 0 Å². The molecule has 1 amide bonds. The van der Waals surface area contributed by atoms with Gasteiger partial charge in [-0.25, -0.2) is 4.98 Å². The van der Waals surface area contributed by atoms with Crippen LogP contribution in [0.5, 0.6) is 0 Å². The Labute approximate surface area is 103 Å². The van der Waals surface area contributed by atoms with Crippen molar-refractivity contribution >= 4 is 11.7 Å². The van der Waals surface area contributed by atoms with Crippen molar-refractivity contribution < 1.29 is 18.0 Å². The van der Waals surface area contributed by atoms with Gasteiger partial charge in [0.2, 0.25) is 0 Å². The van der Waals surface area contributed by atoms with Crippen molar-refractivity contribution in [2.75, 3.05) is 18.4 Å². The maximum Gasteiger partial charge on any atom is 0.390 e. The molecule has 1 aromatic heterocycles. The molecule has 1 aromatic rings. The van der Waals surface area contributed by atoms with E-state index >= 15 is 0 Å². The largest absolute Gasteiger partial charge is 0.390 e. The van der Waals surface area contributed by atoms with Crippen LogP contribution in [0.25, 0.3) is 0 Å². The molecule has 0 bridgehead atoms. The predicted octanol–water partition coefficient (Wildman–Crippen LogP) is 2.20. The van der Waals surface area contributed by atoms with E-state index in [-0.39, 0.29) is 5.69 Å². The molecule has 0 fully saturated rings. The summed E-state index contributed by atoms with van der Waals surface area (Å²) < 4.78 is 35.7. The molecule has 0 radical (unpaired) electrons. The zero-order chi connectivity index (χ0) is 13.6. The van der Waals surface area contributed by atoms with Gasteiger partial charge in [0, 0.05) is 13.1 Å². The van der Waals surface area contributed by atoms with Gasteiger partial charge in [0.15, 0.2) is 0 Å². The van der Waals surface area contributed by atoms with Crippen LogP contribution in [-0.2, 0) is 0 Å². The molecule has 0 spiro atoms. The van der Waals surface area contributed by atoms with Crippen LogP contribution in [-0.4, -0.2) is 30.2 Å². The molecule has 0 atom stereocenters. The Bertz CT molecular complexity index is 407. The Hall–Kier alpha value is -1.79. The highest BCUT2D eigenvalue weighted by Gasteiger charge is 2.26. The van der Waals surface area contributed by atoms with Crippen molar-refractivity contribution in [2.24, 2.45) is 0 Å². The standard InChI is InChI=1S/C11H14F3N3O/c1-2-15-9-5-3-4-8(17-9)10(18)16-7-6-11(12,13)14/h3-5H,2,6-7H2,1H3,(H,15,17)(H,16,18). The Morgan fingerprint density at radius 2 is 2.11 bits per heavy atom.